The van der Waals surface area contributed by atoms with Crippen LogP contribution in [0, 0.1) is 0 Å². The molecular formula is C54H72Cl2N6S. The summed E-state index contributed by atoms with van der Waals surface area (Å²) in [7, 11) is 0. The smallest absolute Gasteiger partial charge is 0.0595 e. The molecule has 0 amide bonds. The predicted molar refractivity (Wildman–Crippen MR) is 270 cm³/mol. The Morgan fingerprint density at radius 1 is 0.492 bits per heavy atom. The van der Waals surface area contributed by atoms with Crippen molar-refractivity contribution in [1.82, 2.24) is 30.7 Å². The summed E-state index contributed by atoms with van der Waals surface area (Å²) in [6.07, 6.45) is 20.1. The zero-order chi connectivity index (χ0) is 42.8. The van der Waals surface area contributed by atoms with Crippen molar-refractivity contribution in [2.45, 2.75) is 133 Å². The lowest BCUT2D eigenvalue weighted by molar-refractivity contribution is 0.0893. The number of thiophene rings is 1. The summed E-state index contributed by atoms with van der Waals surface area (Å²) in [5.74, 6) is 0. The Morgan fingerprint density at radius 2 is 0.984 bits per heavy atom. The van der Waals surface area contributed by atoms with Gasteiger partial charge in [0.1, 0.15) is 0 Å². The second-order valence-corrected chi connectivity index (χ2v) is 21.0. The van der Waals surface area contributed by atoms with Gasteiger partial charge in [0.2, 0.25) is 0 Å². The number of benzene rings is 4. The number of nitrogens with one attached hydrogen (secondary N) is 3. The first-order valence-electron chi connectivity index (χ1n) is 24.8. The molecule has 11 rings (SSSR count). The van der Waals surface area contributed by atoms with Gasteiger partial charge < -0.3 is 16.0 Å². The number of piperazine rings is 3. The fourth-order valence-corrected chi connectivity index (χ4v) is 13.3. The van der Waals surface area contributed by atoms with Gasteiger partial charge in [-0.05, 0) is 114 Å². The summed E-state index contributed by atoms with van der Waals surface area (Å²) in [6, 6.07) is 35.0. The van der Waals surface area contributed by atoms with Crippen LogP contribution in [0.4, 0.5) is 0 Å². The largest absolute Gasteiger partial charge is 0.311 e. The molecule has 0 radical (unpaired) electrons. The third-order valence-corrected chi connectivity index (χ3v) is 17.2. The van der Waals surface area contributed by atoms with Crippen LogP contribution in [0.25, 0.3) is 20.9 Å². The van der Waals surface area contributed by atoms with Gasteiger partial charge in [-0.1, -0.05) is 128 Å². The molecule has 338 valence electrons. The standard InChI is InChI=1S/C20H26N2.C18H24N2S.C16H22Cl2N2/c1-2-6-18-15-16(9-10-17(18)5-1)11-13-22-14-12-21-19-7-3-4-8-20(19)22;1-4-8-18-15(5-1)14(13-21-18)9-11-20-12-10-19-16-6-2-3-7-17(16)20;17-13-6-5-12(11-14(13)18)7-9-20-10-8-19-15-3-1-2-4-16(15)20/h1-2,5-6,9-10,15,19-21H,3-4,7-8,11-14H2;1,4-5,8,13,16-17,19H,2-3,6-7,9-12H2;5-6,11,15-16,19H,1-4,7-10H2. The van der Waals surface area contributed by atoms with E-state index in [1.165, 1.54) is 168 Å². The van der Waals surface area contributed by atoms with Crippen LogP contribution in [-0.4, -0.2) is 110 Å². The Kier molecular flexibility index (Phi) is 16.5. The number of halogens is 2. The topological polar surface area (TPSA) is 45.8 Å². The zero-order valence-electron chi connectivity index (χ0n) is 37.6. The average Bonchev–Trinajstić information content (AvgIpc) is 3.76. The molecule has 6 unspecified atom stereocenters. The molecule has 3 N–H and O–H groups in total. The highest BCUT2D eigenvalue weighted by Gasteiger charge is 2.35. The summed E-state index contributed by atoms with van der Waals surface area (Å²) in [6.45, 7) is 10.6. The summed E-state index contributed by atoms with van der Waals surface area (Å²) in [5.41, 5.74) is 4.30. The minimum Gasteiger partial charge on any atom is -0.311 e. The predicted octanol–water partition coefficient (Wildman–Crippen LogP) is 11.0. The highest BCUT2D eigenvalue weighted by atomic mass is 35.5. The molecule has 1 aromatic heterocycles. The van der Waals surface area contributed by atoms with Crippen molar-refractivity contribution in [3.05, 3.63) is 117 Å². The number of fused-ring (bicyclic) bond motifs is 5. The first-order chi connectivity index (χ1) is 31.1. The molecule has 4 aromatic carbocycles. The molecule has 3 aliphatic carbocycles. The average molecular weight is 908 g/mol. The quantitative estimate of drug-likeness (QED) is 0.137. The Hall–Kier alpha value is -2.56. The summed E-state index contributed by atoms with van der Waals surface area (Å²) in [5, 5.41) is 19.0. The second kappa shape index (κ2) is 22.8. The van der Waals surface area contributed by atoms with E-state index in [2.05, 4.69) is 109 Å². The van der Waals surface area contributed by atoms with Crippen LogP contribution in [0.2, 0.25) is 10.0 Å². The first-order valence-corrected chi connectivity index (χ1v) is 26.5. The molecule has 6 nitrogen and oxygen atoms in total. The maximum Gasteiger partial charge on any atom is 0.0595 e. The van der Waals surface area contributed by atoms with Gasteiger partial charge in [-0.25, -0.2) is 0 Å². The van der Waals surface area contributed by atoms with E-state index >= 15 is 0 Å². The van der Waals surface area contributed by atoms with Gasteiger partial charge in [-0.15, -0.1) is 11.3 Å². The van der Waals surface area contributed by atoms with Crippen LogP contribution >= 0.6 is 34.5 Å². The van der Waals surface area contributed by atoms with E-state index in [0.717, 1.165) is 49.7 Å². The van der Waals surface area contributed by atoms with Crippen molar-refractivity contribution >= 4 is 55.4 Å². The molecule has 9 heteroatoms. The third kappa shape index (κ3) is 11.9. The van der Waals surface area contributed by atoms with Crippen molar-refractivity contribution in [1.29, 1.82) is 0 Å². The van der Waals surface area contributed by atoms with Crippen molar-refractivity contribution in [3.8, 4) is 0 Å². The summed E-state index contributed by atoms with van der Waals surface area (Å²) >= 11 is 14.0. The van der Waals surface area contributed by atoms with Gasteiger partial charge in [-0.2, -0.15) is 0 Å². The number of nitrogens with zero attached hydrogens (tertiary/aromatic N) is 3. The van der Waals surface area contributed by atoms with Gasteiger partial charge in [0.15, 0.2) is 0 Å². The van der Waals surface area contributed by atoms with E-state index in [-0.39, 0.29) is 0 Å². The van der Waals surface area contributed by atoms with E-state index in [4.69, 9.17) is 23.2 Å². The molecule has 3 aliphatic heterocycles. The van der Waals surface area contributed by atoms with Gasteiger partial charge in [-0.3, -0.25) is 14.7 Å². The first kappa shape index (κ1) is 45.6. The van der Waals surface area contributed by atoms with Crippen molar-refractivity contribution in [3.63, 3.8) is 0 Å². The number of hydrogen-bond acceptors (Lipinski definition) is 7. The lowest BCUT2D eigenvalue weighted by Gasteiger charge is -2.44. The Bertz CT molecular complexity index is 2190. The second-order valence-electron chi connectivity index (χ2n) is 19.3. The van der Waals surface area contributed by atoms with Crippen LogP contribution in [0.15, 0.2) is 90.3 Å². The summed E-state index contributed by atoms with van der Waals surface area (Å²) < 4.78 is 1.43. The zero-order valence-corrected chi connectivity index (χ0v) is 39.9. The molecule has 4 heterocycles. The van der Waals surface area contributed by atoms with Crippen LogP contribution in [-0.2, 0) is 19.3 Å². The minimum atomic E-state index is 0.643. The van der Waals surface area contributed by atoms with Crippen LogP contribution in [0.3, 0.4) is 0 Å². The molecule has 0 spiro atoms. The summed E-state index contributed by atoms with van der Waals surface area (Å²) in [4.78, 5) is 8.17. The fourth-order valence-electron chi connectivity index (χ4n) is 12.0. The molecule has 6 aliphatic rings. The highest BCUT2D eigenvalue weighted by Crippen LogP contribution is 2.31. The van der Waals surface area contributed by atoms with E-state index in [1.807, 2.05) is 23.5 Å². The molecule has 5 aromatic rings. The Labute approximate surface area is 392 Å². The fraction of sp³-hybridized carbons (Fsp3) is 0.556. The van der Waals surface area contributed by atoms with E-state index in [1.54, 1.807) is 5.56 Å². The van der Waals surface area contributed by atoms with Gasteiger partial charge in [0.05, 0.1) is 10.0 Å². The lowest BCUT2D eigenvalue weighted by atomic mass is 9.87. The minimum absolute atomic E-state index is 0.643. The SMILES string of the molecule is Clc1ccc(CCN2CCNC3CCCCC32)cc1Cl.c1ccc2c(CCN3CCNC4CCCCC43)csc2c1.c1ccc2cc(CCN3CCNC4CCCCC43)ccc2c1. The van der Waals surface area contributed by atoms with E-state index in [0.29, 0.717) is 16.1 Å². The Balaban J connectivity index is 0.000000120. The monoisotopic (exact) mass is 906 g/mol. The van der Waals surface area contributed by atoms with Crippen molar-refractivity contribution < 1.29 is 0 Å². The van der Waals surface area contributed by atoms with Crippen molar-refractivity contribution in [2.24, 2.45) is 0 Å². The maximum atomic E-state index is 6.09. The normalized spacial score (nSPS) is 26.7. The Morgan fingerprint density at radius 3 is 1.57 bits per heavy atom. The number of rotatable bonds is 9. The highest BCUT2D eigenvalue weighted by molar-refractivity contribution is 7.17. The van der Waals surface area contributed by atoms with Crippen molar-refractivity contribution in [2.75, 3.05) is 58.9 Å². The molecular weight excluding hydrogens is 836 g/mol. The molecule has 6 fully saturated rings. The number of hydrogen-bond donors (Lipinski definition) is 3. The van der Waals surface area contributed by atoms with Gasteiger partial charge in [0, 0.05) is 99.9 Å². The molecule has 3 saturated heterocycles. The molecule has 6 atom stereocenters. The third-order valence-electron chi connectivity index (χ3n) is 15.4. The molecule has 3 saturated carbocycles. The van der Waals surface area contributed by atoms with Gasteiger partial charge >= 0.3 is 0 Å². The van der Waals surface area contributed by atoms with E-state index in [9.17, 15) is 0 Å². The van der Waals surface area contributed by atoms with E-state index < -0.39 is 0 Å². The molecule has 63 heavy (non-hydrogen) atoms. The maximum absolute atomic E-state index is 6.09. The van der Waals surface area contributed by atoms with Gasteiger partial charge in [0.25, 0.3) is 0 Å². The van der Waals surface area contributed by atoms with Crippen LogP contribution < -0.4 is 16.0 Å². The lowest BCUT2D eigenvalue weighted by Crippen LogP contribution is -2.59. The van der Waals surface area contributed by atoms with Crippen LogP contribution in [0.5, 0.6) is 0 Å². The van der Waals surface area contributed by atoms with Crippen LogP contribution in [0.1, 0.15) is 93.7 Å². The molecule has 0 bridgehead atoms.